The van der Waals surface area contributed by atoms with Crippen molar-refractivity contribution in [1.82, 2.24) is 5.01 Å². The van der Waals surface area contributed by atoms with Crippen molar-refractivity contribution in [3.63, 3.8) is 0 Å². The molecule has 6 nitrogen and oxygen atoms in total. The minimum atomic E-state index is -0.434. The van der Waals surface area contributed by atoms with Gasteiger partial charge in [-0.3, -0.25) is 9.59 Å². The number of carbonyl (C=O) groups excluding carboxylic acids is 2. The molecule has 4 rings (SSSR count). The van der Waals surface area contributed by atoms with Crippen LogP contribution in [0.4, 0.5) is 0 Å². The van der Waals surface area contributed by atoms with Crippen LogP contribution in [-0.2, 0) is 6.61 Å². The van der Waals surface area contributed by atoms with Crippen molar-refractivity contribution in [3.8, 4) is 11.5 Å². The average molecular weight is 386 g/mol. The molecule has 1 aliphatic heterocycles. The molecule has 3 aromatic rings. The summed E-state index contributed by atoms with van der Waals surface area (Å²) in [5, 5.41) is 4.95. The number of hydrogen-bond acceptors (Lipinski definition) is 5. The number of ether oxygens (including phenoxy) is 2. The summed E-state index contributed by atoms with van der Waals surface area (Å²) in [4.78, 5) is 24.7. The first-order valence-corrected chi connectivity index (χ1v) is 9.04. The van der Waals surface area contributed by atoms with Crippen molar-refractivity contribution in [2.24, 2.45) is 5.10 Å². The van der Waals surface area contributed by atoms with Crippen LogP contribution in [-0.4, -0.2) is 30.1 Å². The number of hydrogen-bond donors (Lipinski definition) is 0. The fourth-order valence-corrected chi connectivity index (χ4v) is 3.02. The van der Waals surface area contributed by atoms with Crippen molar-refractivity contribution in [2.45, 2.75) is 6.61 Å². The van der Waals surface area contributed by atoms with Crippen molar-refractivity contribution in [3.05, 3.63) is 95.1 Å². The topological polar surface area (TPSA) is 68.2 Å². The Bertz CT molecular complexity index is 1060. The van der Waals surface area contributed by atoms with Crippen LogP contribution in [0.1, 0.15) is 31.8 Å². The number of hydrazone groups is 1. The van der Waals surface area contributed by atoms with Gasteiger partial charge in [0.2, 0.25) is 0 Å². The zero-order chi connectivity index (χ0) is 20.2. The van der Waals surface area contributed by atoms with E-state index in [1.54, 1.807) is 49.6 Å². The Balaban J connectivity index is 1.50. The van der Waals surface area contributed by atoms with E-state index >= 15 is 0 Å². The first kappa shape index (κ1) is 18.4. The highest BCUT2D eigenvalue weighted by Gasteiger charge is 2.35. The average Bonchev–Trinajstić information content (AvgIpc) is 3.02. The molecule has 0 saturated heterocycles. The van der Waals surface area contributed by atoms with E-state index in [4.69, 9.17) is 9.47 Å². The third-order valence-electron chi connectivity index (χ3n) is 4.52. The number of nitrogens with zero attached hydrogens (tertiary/aromatic N) is 2. The highest BCUT2D eigenvalue weighted by molar-refractivity contribution is 6.21. The molecule has 0 atom stereocenters. The fraction of sp³-hybridized carbons (Fsp3) is 0.0870. The molecule has 0 fully saturated rings. The lowest BCUT2D eigenvalue weighted by molar-refractivity contribution is 0.0660. The molecule has 29 heavy (non-hydrogen) atoms. The van der Waals surface area contributed by atoms with Crippen LogP contribution in [0.2, 0.25) is 0 Å². The lowest BCUT2D eigenvalue weighted by Gasteiger charge is -2.11. The minimum absolute atomic E-state index is 0.358. The molecule has 3 aromatic carbocycles. The summed E-state index contributed by atoms with van der Waals surface area (Å²) in [6, 6.07) is 21.8. The molecular formula is C23H18N2O4. The van der Waals surface area contributed by atoms with Crippen LogP contribution in [0, 0.1) is 0 Å². The Morgan fingerprint density at radius 3 is 2.17 bits per heavy atom. The number of rotatable bonds is 6. The van der Waals surface area contributed by atoms with Crippen LogP contribution in [0.25, 0.3) is 0 Å². The summed E-state index contributed by atoms with van der Waals surface area (Å²) in [6.45, 7) is 0.416. The maximum absolute atomic E-state index is 12.4. The van der Waals surface area contributed by atoms with Gasteiger partial charge in [-0.15, -0.1) is 0 Å². The van der Waals surface area contributed by atoms with E-state index in [-0.39, 0.29) is 0 Å². The van der Waals surface area contributed by atoms with Gasteiger partial charge in [0.25, 0.3) is 11.8 Å². The second kappa shape index (κ2) is 7.98. The van der Waals surface area contributed by atoms with Crippen molar-refractivity contribution < 1.29 is 19.1 Å². The lowest BCUT2D eigenvalue weighted by atomic mass is 10.1. The lowest BCUT2D eigenvalue weighted by Crippen LogP contribution is -2.23. The quantitative estimate of drug-likeness (QED) is 0.476. The third kappa shape index (κ3) is 3.73. The zero-order valence-electron chi connectivity index (χ0n) is 15.7. The van der Waals surface area contributed by atoms with Gasteiger partial charge in [-0.25, -0.2) is 0 Å². The normalized spacial score (nSPS) is 13.1. The molecule has 0 spiro atoms. The second-order valence-corrected chi connectivity index (χ2v) is 6.40. The van der Waals surface area contributed by atoms with Crippen LogP contribution in [0.3, 0.4) is 0 Å². The summed E-state index contributed by atoms with van der Waals surface area (Å²) in [5.41, 5.74) is 2.44. The highest BCUT2D eigenvalue weighted by Crippen LogP contribution is 2.29. The molecule has 0 N–H and O–H groups in total. The summed E-state index contributed by atoms with van der Waals surface area (Å²) in [7, 11) is 1.55. The van der Waals surface area contributed by atoms with Gasteiger partial charge < -0.3 is 9.47 Å². The molecule has 0 unspecified atom stereocenters. The van der Waals surface area contributed by atoms with E-state index in [9.17, 15) is 9.59 Å². The molecule has 0 saturated carbocycles. The minimum Gasteiger partial charge on any atom is -0.493 e. The van der Waals surface area contributed by atoms with E-state index in [2.05, 4.69) is 5.10 Å². The molecule has 6 heteroatoms. The first-order chi connectivity index (χ1) is 14.2. The van der Waals surface area contributed by atoms with Crippen LogP contribution < -0.4 is 9.47 Å². The van der Waals surface area contributed by atoms with Gasteiger partial charge in [0.05, 0.1) is 24.5 Å². The van der Waals surface area contributed by atoms with E-state index < -0.39 is 11.8 Å². The largest absolute Gasteiger partial charge is 0.493 e. The summed E-state index contributed by atoms with van der Waals surface area (Å²) >= 11 is 0. The number of benzene rings is 3. The third-order valence-corrected chi connectivity index (χ3v) is 4.52. The second-order valence-electron chi connectivity index (χ2n) is 6.40. The molecular weight excluding hydrogens is 368 g/mol. The van der Waals surface area contributed by atoms with Gasteiger partial charge in [0.1, 0.15) is 6.61 Å². The Hall–Kier alpha value is -3.93. The predicted octanol–water partition coefficient (Wildman–Crippen LogP) is 3.90. The monoisotopic (exact) mass is 386 g/mol. The fourth-order valence-electron chi connectivity index (χ4n) is 3.02. The van der Waals surface area contributed by atoms with Gasteiger partial charge in [-0.1, -0.05) is 42.5 Å². The van der Waals surface area contributed by atoms with Crippen LogP contribution in [0.15, 0.2) is 77.9 Å². The van der Waals surface area contributed by atoms with Crippen molar-refractivity contribution >= 4 is 18.0 Å². The molecule has 1 aliphatic rings. The SMILES string of the molecule is COc1cc(/C=N\N2C(=O)c3ccccc3C2=O)ccc1OCc1ccccc1. The molecule has 0 bridgehead atoms. The predicted molar refractivity (Wildman–Crippen MR) is 108 cm³/mol. The van der Waals surface area contributed by atoms with E-state index in [1.807, 2.05) is 30.3 Å². The molecule has 144 valence electrons. The number of carbonyl (C=O) groups is 2. The number of amides is 2. The Morgan fingerprint density at radius 1 is 0.862 bits per heavy atom. The maximum atomic E-state index is 12.4. The number of imide groups is 1. The number of fused-ring (bicyclic) bond motifs is 1. The van der Waals surface area contributed by atoms with Gasteiger partial charge in [-0.05, 0) is 41.5 Å². The first-order valence-electron chi connectivity index (χ1n) is 9.04. The van der Waals surface area contributed by atoms with Crippen molar-refractivity contribution in [1.29, 1.82) is 0 Å². The standard InChI is InChI=1S/C23H18N2O4/c1-28-21-13-17(11-12-20(21)29-15-16-7-3-2-4-8-16)14-24-25-22(26)18-9-5-6-10-19(18)23(25)27/h2-14H,15H2,1H3/b24-14-. The Kier molecular flexibility index (Phi) is 5.07. The molecule has 0 aromatic heterocycles. The van der Waals surface area contributed by atoms with Crippen molar-refractivity contribution in [2.75, 3.05) is 7.11 Å². The van der Waals surface area contributed by atoms with E-state index in [1.165, 1.54) is 6.21 Å². The maximum Gasteiger partial charge on any atom is 0.282 e. The highest BCUT2D eigenvalue weighted by atomic mass is 16.5. The van der Waals surface area contributed by atoms with Gasteiger partial charge in [0, 0.05) is 0 Å². The van der Waals surface area contributed by atoms with Crippen LogP contribution in [0.5, 0.6) is 11.5 Å². The van der Waals surface area contributed by atoms with Gasteiger partial charge in [-0.2, -0.15) is 10.1 Å². The van der Waals surface area contributed by atoms with Gasteiger partial charge in [0.15, 0.2) is 11.5 Å². The van der Waals surface area contributed by atoms with E-state index in [0.717, 1.165) is 10.6 Å². The molecule has 0 radical (unpaired) electrons. The van der Waals surface area contributed by atoms with E-state index in [0.29, 0.717) is 34.8 Å². The molecule has 0 aliphatic carbocycles. The zero-order valence-corrected chi connectivity index (χ0v) is 15.7. The van der Waals surface area contributed by atoms with Gasteiger partial charge >= 0.3 is 0 Å². The summed E-state index contributed by atoms with van der Waals surface area (Å²) in [5.74, 6) is 0.259. The Morgan fingerprint density at radius 2 is 1.52 bits per heavy atom. The molecule has 1 heterocycles. The summed E-state index contributed by atoms with van der Waals surface area (Å²) < 4.78 is 11.2. The Labute approximate surface area is 168 Å². The van der Waals surface area contributed by atoms with Crippen LogP contribution >= 0.6 is 0 Å². The summed E-state index contributed by atoms with van der Waals surface area (Å²) in [6.07, 6.45) is 1.45. The molecule has 2 amide bonds. The smallest absolute Gasteiger partial charge is 0.282 e. The number of methoxy groups -OCH3 is 1.